The van der Waals surface area contributed by atoms with Gasteiger partial charge in [-0.1, -0.05) is 63.8 Å². The van der Waals surface area contributed by atoms with Crippen LogP contribution in [0.1, 0.15) is 83.3 Å². The molecule has 0 aliphatic heterocycles. The molecule has 0 fully saturated rings. The summed E-state index contributed by atoms with van der Waals surface area (Å²) in [6.07, 6.45) is 14.1. The van der Waals surface area contributed by atoms with E-state index in [0.717, 1.165) is 42.6 Å². The first-order valence-electron chi connectivity index (χ1n) is 11.2. The molecule has 29 heavy (non-hydrogen) atoms. The molecule has 1 atom stereocenters. The maximum absolute atomic E-state index is 12.1. The van der Waals surface area contributed by atoms with E-state index in [2.05, 4.69) is 23.8 Å². The normalized spacial score (nSPS) is 12.0. The van der Waals surface area contributed by atoms with Gasteiger partial charge in [-0.15, -0.1) is 0 Å². The van der Waals surface area contributed by atoms with E-state index >= 15 is 0 Å². The zero-order valence-corrected chi connectivity index (χ0v) is 18.3. The number of carbonyl (C=O) groups is 1. The van der Waals surface area contributed by atoms with Crippen molar-refractivity contribution in [1.29, 1.82) is 0 Å². The Bertz CT molecular complexity index is 711. The van der Waals surface area contributed by atoms with E-state index in [1.54, 1.807) is 0 Å². The lowest BCUT2D eigenvalue weighted by Crippen LogP contribution is -2.15. The molecule has 0 amide bonds. The molecule has 0 aliphatic carbocycles. The Hall–Kier alpha value is -2.23. The van der Waals surface area contributed by atoms with E-state index in [4.69, 9.17) is 4.74 Å². The fourth-order valence-corrected chi connectivity index (χ4v) is 3.28. The summed E-state index contributed by atoms with van der Waals surface area (Å²) in [4.78, 5) is 21.0. The van der Waals surface area contributed by atoms with Gasteiger partial charge in [0, 0.05) is 24.4 Å². The molecule has 1 heterocycles. The van der Waals surface area contributed by atoms with Gasteiger partial charge < -0.3 is 4.74 Å². The minimum Gasteiger partial charge on any atom is -0.463 e. The third kappa shape index (κ3) is 8.76. The number of nitrogens with zero attached hydrogens (tertiary/aromatic N) is 2. The van der Waals surface area contributed by atoms with Crippen LogP contribution < -0.4 is 0 Å². The first kappa shape index (κ1) is 23.1. The zero-order valence-electron chi connectivity index (χ0n) is 18.3. The topological polar surface area (TPSA) is 52.1 Å². The lowest BCUT2D eigenvalue weighted by Gasteiger charge is -2.13. The summed E-state index contributed by atoms with van der Waals surface area (Å²) in [5.41, 5.74) is 3.31. The molecule has 0 bridgehead atoms. The van der Waals surface area contributed by atoms with Gasteiger partial charge in [-0.2, -0.15) is 0 Å². The number of ether oxygens (including phenoxy) is 1. The Morgan fingerprint density at radius 2 is 1.59 bits per heavy atom. The Balaban J connectivity index is 1.76. The summed E-state index contributed by atoms with van der Waals surface area (Å²) in [6, 6.07) is 8.15. The van der Waals surface area contributed by atoms with Crippen LogP contribution in [0.3, 0.4) is 0 Å². The lowest BCUT2D eigenvalue weighted by molar-refractivity contribution is -0.148. The highest BCUT2D eigenvalue weighted by molar-refractivity contribution is 5.70. The van der Waals surface area contributed by atoms with Gasteiger partial charge in [-0.05, 0) is 50.2 Å². The largest absolute Gasteiger partial charge is 0.463 e. The van der Waals surface area contributed by atoms with Gasteiger partial charge >= 0.3 is 5.97 Å². The molecule has 0 saturated carbocycles. The van der Waals surface area contributed by atoms with Crippen molar-refractivity contribution in [3.63, 3.8) is 0 Å². The lowest BCUT2D eigenvalue weighted by atomic mass is 10.1. The number of aromatic nitrogens is 2. The zero-order chi connectivity index (χ0) is 20.9. The molecule has 0 saturated heterocycles. The highest BCUT2D eigenvalue weighted by Crippen LogP contribution is 2.17. The van der Waals surface area contributed by atoms with Crippen molar-refractivity contribution in [2.75, 3.05) is 0 Å². The van der Waals surface area contributed by atoms with Gasteiger partial charge in [-0.3, -0.25) is 4.79 Å². The Labute approximate surface area is 176 Å². The van der Waals surface area contributed by atoms with E-state index in [0.29, 0.717) is 12.8 Å². The Morgan fingerprint density at radius 3 is 2.24 bits per heavy atom. The van der Waals surface area contributed by atoms with Gasteiger partial charge in [0.15, 0.2) is 5.82 Å². The SMILES string of the molecule is CCCCCC[C@@H](C)OC(=O)CCc1ccc(-c2ncc(CCCC)cn2)cc1. The smallest absolute Gasteiger partial charge is 0.306 e. The summed E-state index contributed by atoms with van der Waals surface area (Å²) < 4.78 is 5.53. The second-order valence-corrected chi connectivity index (χ2v) is 7.87. The van der Waals surface area contributed by atoms with E-state index < -0.39 is 0 Å². The van der Waals surface area contributed by atoms with Gasteiger partial charge in [0.1, 0.15) is 0 Å². The fourth-order valence-electron chi connectivity index (χ4n) is 3.28. The minimum atomic E-state index is -0.108. The molecule has 2 aromatic rings. The van der Waals surface area contributed by atoms with Crippen LogP contribution in [0.4, 0.5) is 0 Å². The van der Waals surface area contributed by atoms with Crippen LogP contribution in [0.25, 0.3) is 11.4 Å². The minimum absolute atomic E-state index is 0.0131. The van der Waals surface area contributed by atoms with E-state index in [9.17, 15) is 4.79 Å². The molecular weight excluding hydrogens is 360 g/mol. The maximum atomic E-state index is 12.1. The summed E-state index contributed by atoms with van der Waals surface area (Å²) in [6.45, 7) is 6.38. The molecule has 0 N–H and O–H groups in total. The molecule has 0 spiro atoms. The molecule has 1 aromatic carbocycles. The van der Waals surface area contributed by atoms with Crippen LogP contribution in [-0.4, -0.2) is 22.0 Å². The van der Waals surface area contributed by atoms with Gasteiger partial charge in [-0.25, -0.2) is 9.97 Å². The first-order valence-corrected chi connectivity index (χ1v) is 11.2. The second-order valence-electron chi connectivity index (χ2n) is 7.87. The van der Waals surface area contributed by atoms with E-state index in [1.807, 2.05) is 43.6 Å². The number of carbonyl (C=O) groups excluding carboxylic acids is 1. The highest BCUT2D eigenvalue weighted by Gasteiger charge is 2.10. The standard InChI is InChI=1S/C25H36N2O2/c1-4-6-8-9-10-20(3)29-24(28)17-14-21-12-15-23(16-13-21)25-26-18-22(19-27-25)11-7-5-2/h12-13,15-16,18-20H,4-11,14,17H2,1-3H3/t20-/m1/s1. The molecule has 0 unspecified atom stereocenters. The van der Waals surface area contributed by atoms with Crippen LogP contribution in [0.5, 0.6) is 0 Å². The summed E-state index contributed by atoms with van der Waals surface area (Å²) in [5.74, 6) is 0.635. The average molecular weight is 397 g/mol. The summed E-state index contributed by atoms with van der Waals surface area (Å²) >= 11 is 0. The third-order valence-corrected chi connectivity index (χ3v) is 5.15. The quantitative estimate of drug-likeness (QED) is 0.294. The van der Waals surface area contributed by atoms with Crippen molar-refractivity contribution < 1.29 is 9.53 Å². The van der Waals surface area contributed by atoms with Crippen LogP contribution in [0.15, 0.2) is 36.7 Å². The van der Waals surface area contributed by atoms with Crippen LogP contribution in [0, 0.1) is 0 Å². The average Bonchev–Trinajstić information content (AvgIpc) is 2.74. The molecule has 4 nitrogen and oxygen atoms in total. The molecule has 4 heteroatoms. The number of hydrogen-bond acceptors (Lipinski definition) is 4. The Kier molecular flexibility index (Phi) is 10.4. The summed E-state index contributed by atoms with van der Waals surface area (Å²) in [7, 11) is 0. The molecule has 0 aliphatic rings. The van der Waals surface area contributed by atoms with Gasteiger partial charge in [0.2, 0.25) is 0 Å². The number of unbranched alkanes of at least 4 members (excludes halogenated alkanes) is 4. The first-order chi connectivity index (χ1) is 14.1. The molecule has 2 rings (SSSR count). The van der Waals surface area contributed by atoms with Crippen molar-refractivity contribution in [3.8, 4) is 11.4 Å². The highest BCUT2D eigenvalue weighted by atomic mass is 16.5. The van der Waals surface area contributed by atoms with Crippen molar-refractivity contribution in [1.82, 2.24) is 9.97 Å². The van der Waals surface area contributed by atoms with E-state index in [-0.39, 0.29) is 12.1 Å². The maximum Gasteiger partial charge on any atom is 0.306 e. The predicted octanol–water partition coefficient (Wildman–Crippen LogP) is 6.32. The summed E-state index contributed by atoms with van der Waals surface area (Å²) in [5, 5.41) is 0. The third-order valence-electron chi connectivity index (χ3n) is 5.15. The number of hydrogen-bond donors (Lipinski definition) is 0. The molecule has 158 valence electrons. The van der Waals surface area contributed by atoms with Crippen LogP contribution in [-0.2, 0) is 22.4 Å². The number of esters is 1. The monoisotopic (exact) mass is 396 g/mol. The van der Waals surface area contributed by atoms with E-state index in [1.165, 1.54) is 31.2 Å². The molecular formula is C25H36N2O2. The Morgan fingerprint density at radius 1 is 0.897 bits per heavy atom. The number of aryl methyl sites for hydroxylation is 2. The van der Waals surface area contributed by atoms with Crippen molar-refractivity contribution >= 4 is 5.97 Å². The van der Waals surface area contributed by atoms with Crippen LogP contribution in [0.2, 0.25) is 0 Å². The fraction of sp³-hybridized carbons (Fsp3) is 0.560. The van der Waals surface area contributed by atoms with Crippen molar-refractivity contribution in [3.05, 3.63) is 47.8 Å². The van der Waals surface area contributed by atoms with Gasteiger partial charge in [0.05, 0.1) is 6.10 Å². The van der Waals surface area contributed by atoms with Crippen LogP contribution >= 0.6 is 0 Å². The second kappa shape index (κ2) is 13.1. The molecule has 1 aromatic heterocycles. The number of rotatable bonds is 13. The predicted molar refractivity (Wildman–Crippen MR) is 119 cm³/mol. The van der Waals surface area contributed by atoms with Crippen molar-refractivity contribution in [2.45, 2.75) is 91.1 Å². The number of benzene rings is 1. The van der Waals surface area contributed by atoms with Gasteiger partial charge in [0.25, 0.3) is 0 Å². The molecule has 0 radical (unpaired) electrons. The van der Waals surface area contributed by atoms with Crippen molar-refractivity contribution in [2.24, 2.45) is 0 Å².